The highest BCUT2D eigenvalue weighted by Gasteiger charge is 2.28. The van der Waals surface area contributed by atoms with Gasteiger partial charge in [0.2, 0.25) is 5.91 Å². The molecule has 6 nitrogen and oxygen atoms in total. The van der Waals surface area contributed by atoms with Crippen molar-refractivity contribution in [2.75, 3.05) is 6.61 Å². The predicted octanol–water partition coefficient (Wildman–Crippen LogP) is 17.6. The van der Waals surface area contributed by atoms with E-state index in [1.807, 2.05) is 0 Å². The van der Waals surface area contributed by atoms with E-state index < -0.39 is 36.9 Å². The number of nitrogens with one attached hydrogen (secondary N) is 1. The average molecular weight is 945 g/mol. The maximum Gasteiger partial charge on any atom is 0.249 e. The maximum absolute atomic E-state index is 12.6. The molecule has 0 heterocycles. The molecule has 67 heavy (non-hydrogen) atoms. The van der Waals surface area contributed by atoms with Crippen molar-refractivity contribution in [3.63, 3.8) is 0 Å². The number of aliphatic hydroxyl groups is 4. The van der Waals surface area contributed by atoms with Crippen molar-refractivity contribution in [1.82, 2.24) is 5.32 Å². The summed E-state index contributed by atoms with van der Waals surface area (Å²) in [6, 6.07) is -1.01. The molecule has 396 valence electrons. The van der Waals surface area contributed by atoms with Gasteiger partial charge < -0.3 is 25.7 Å². The van der Waals surface area contributed by atoms with Crippen molar-refractivity contribution in [2.24, 2.45) is 0 Å². The Morgan fingerprint density at radius 3 is 0.940 bits per heavy atom. The third-order valence-corrected chi connectivity index (χ3v) is 14.1. The third-order valence-electron chi connectivity index (χ3n) is 14.1. The van der Waals surface area contributed by atoms with Crippen LogP contribution in [-0.4, -0.2) is 57.3 Å². The maximum atomic E-state index is 12.6. The average Bonchev–Trinajstić information content (AvgIpc) is 3.33. The molecule has 5 N–H and O–H groups in total. The third kappa shape index (κ3) is 49.3. The number of allylic oxidation sites excluding steroid dienone is 6. The molecule has 0 aliphatic rings. The summed E-state index contributed by atoms with van der Waals surface area (Å²) in [6.07, 6.45) is 69.6. The molecule has 0 bridgehead atoms. The van der Waals surface area contributed by atoms with Gasteiger partial charge in [-0.2, -0.15) is 0 Å². The van der Waals surface area contributed by atoms with E-state index in [0.717, 1.165) is 51.4 Å². The fourth-order valence-electron chi connectivity index (χ4n) is 9.38. The van der Waals surface area contributed by atoms with E-state index in [2.05, 4.69) is 55.6 Å². The van der Waals surface area contributed by atoms with Gasteiger partial charge in [0, 0.05) is 0 Å². The molecule has 0 radical (unpaired) electrons. The minimum Gasteiger partial charge on any atom is -0.394 e. The van der Waals surface area contributed by atoms with Crippen LogP contribution in [0.5, 0.6) is 0 Å². The quantitative estimate of drug-likeness (QED) is 0.0308. The van der Waals surface area contributed by atoms with Crippen LogP contribution in [0.1, 0.15) is 316 Å². The number of unbranched alkanes of at least 4 members (excludes halogenated alkanes) is 40. The summed E-state index contributed by atoms with van der Waals surface area (Å²) in [7, 11) is 0. The molecule has 4 atom stereocenters. The van der Waals surface area contributed by atoms with E-state index in [4.69, 9.17) is 0 Å². The van der Waals surface area contributed by atoms with E-state index in [9.17, 15) is 25.2 Å². The molecular weight excluding hydrogens is 827 g/mol. The van der Waals surface area contributed by atoms with Gasteiger partial charge in [0.05, 0.1) is 18.8 Å². The van der Waals surface area contributed by atoms with Crippen LogP contribution < -0.4 is 5.32 Å². The molecule has 0 saturated heterocycles. The van der Waals surface area contributed by atoms with E-state index in [-0.39, 0.29) is 0 Å². The summed E-state index contributed by atoms with van der Waals surface area (Å²) in [6.45, 7) is 4.05. The summed E-state index contributed by atoms with van der Waals surface area (Å²) >= 11 is 0. The Balaban J connectivity index is 3.56. The minimum atomic E-state index is -1.29. The van der Waals surface area contributed by atoms with Gasteiger partial charge in [0.15, 0.2) is 0 Å². The van der Waals surface area contributed by atoms with Gasteiger partial charge in [-0.15, -0.1) is 0 Å². The first-order chi connectivity index (χ1) is 33.0. The molecule has 0 aliphatic carbocycles. The SMILES string of the molecule is CCCCCC/C=C/CC/C=C/CC/C=C/CCCC(O)C(O)C(CO)NC(=O)C(O)CCCCCCCCCCCCCCCCCCCCCCCCCCCCCCCCCCCC. The van der Waals surface area contributed by atoms with Crippen LogP contribution in [0.4, 0.5) is 0 Å². The number of hydrogen-bond donors (Lipinski definition) is 5. The lowest BCUT2D eigenvalue weighted by atomic mass is 10.00. The monoisotopic (exact) mass is 944 g/mol. The van der Waals surface area contributed by atoms with Gasteiger partial charge in [0.1, 0.15) is 12.2 Å². The Kier molecular flexibility index (Phi) is 54.2. The van der Waals surface area contributed by atoms with Crippen molar-refractivity contribution < 1.29 is 25.2 Å². The predicted molar refractivity (Wildman–Crippen MR) is 293 cm³/mol. The molecule has 1 amide bonds. The zero-order valence-corrected chi connectivity index (χ0v) is 44.9. The summed E-state index contributed by atoms with van der Waals surface area (Å²) in [5, 5.41) is 43.9. The minimum absolute atomic E-state index is 0.362. The second kappa shape index (κ2) is 55.5. The zero-order chi connectivity index (χ0) is 48.8. The van der Waals surface area contributed by atoms with E-state index in [0.29, 0.717) is 19.3 Å². The number of hydrogen-bond acceptors (Lipinski definition) is 5. The molecule has 0 rings (SSSR count). The van der Waals surface area contributed by atoms with Crippen LogP contribution in [0.3, 0.4) is 0 Å². The highest BCUT2D eigenvalue weighted by atomic mass is 16.3. The highest BCUT2D eigenvalue weighted by molar-refractivity contribution is 5.80. The van der Waals surface area contributed by atoms with Crippen molar-refractivity contribution in [3.8, 4) is 0 Å². The van der Waals surface area contributed by atoms with Crippen molar-refractivity contribution in [3.05, 3.63) is 36.5 Å². The Bertz CT molecular complexity index is 1060. The van der Waals surface area contributed by atoms with E-state index in [1.54, 1.807) is 0 Å². The number of carbonyl (C=O) groups excluding carboxylic acids is 1. The molecule has 6 heteroatoms. The van der Waals surface area contributed by atoms with Crippen LogP contribution >= 0.6 is 0 Å². The summed E-state index contributed by atoms with van der Waals surface area (Å²) in [5.74, 6) is -0.595. The Morgan fingerprint density at radius 1 is 0.358 bits per heavy atom. The van der Waals surface area contributed by atoms with Crippen molar-refractivity contribution in [2.45, 2.75) is 340 Å². The first kappa shape index (κ1) is 65.5. The fraction of sp³-hybridized carbons (Fsp3) is 0.885. The van der Waals surface area contributed by atoms with E-state index >= 15 is 0 Å². The topological polar surface area (TPSA) is 110 Å². The second-order valence-electron chi connectivity index (χ2n) is 20.7. The van der Waals surface area contributed by atoms with Crippen molar-refractivity contribution >= 4 is 5.91 Å². The van der Waals surface area contributed by atoms with Crippen LogP contribution in [0.15, 0.2) is 36.5 Å². The molecule has 0 spiro atoms. The number of amides is 1. The molecule has 0 aromatic heterocycles. The number of carbonyl (C=O) groups is 1. The van der Waals surface area contributed by atoms with Crippen LogP contribution in [0.2, 0.25) is 0 Å². The van der Waals surface area contributed by atoms with Gasteiger partial charge in [-0.1, -0.05) is 288 Å². The molecule has 0 fully saturated rings. The number of aliphatic hydroxyl groups excluding tert-OH is 4. The summed E-state index contributed by atoms with van der Waals surface area (Å²) < 4.78 is 0. The van der Waals surface area contributed by atoms with Gasteiger partial charge in [-0.25, -0.2) is 0 Å². The Labute approximate surface area is 417 Å². The van der Waals surface area contributed by atoms with Crippen molar-refractivity contribution in [1.29, 1.82) is 0 Å². The molecule has 0 aromatic carbocycles. The van der Waals surface area contributed by atoms with Gasteiger partial charge in [-0.05, 0) is 64.2 Å². The standard InChI is InChI=1S/C61H117NO5/c1-3-5-7-9-11-13-15-17-19-21-22-23-24-25-26-27-28-29-30-31-32-33-34-35-36-37-39-41-43-45-47-49-51-53-55-59(65)61(67)62-57(56-63)60(66)58(64)54-52-50-48-46-44-42-40-38-20-18-16-14-12-10-8-6-4-2/h14,16,38,40,46,48,57-60,63-66H,3-13,15,17-37,39,41-45,47,49-56H2,1-2H3,(H,62,67)/b16-14+,40-38+,48-46+. The van der Waals surface area contributed by atoms with Crippen LogP contribution in [-0.2, 0) is 4.79 Å². The normalized spacial score (nSPS) is 13.9. The van der Waals surface area contributed by atoms with Gasteiger partial charge >= 0.3 is 0 Å². The first-order valence-corrected chi connectivity index (χ1v) is 29.9. The fourth-order valence-corrected chi connectivity index (χ4v) is 9.38. The molecule has 0 aromatic rings. The Morgan fingerprint density at radius 2 is 0.627 bits per heavy atom. The first-order valence-electron chi connectivity index (χ1n) is 29.9. The molecular formula is C61H117NO5. The van der Waals surface area contributed by atoms with Crippen LogP contribution in [0.25, 0.3) is 0 Å². The lowest BCUT2D eigenvalue weighted by Gasteiger charge is -2.27. The van der Waals surface area contributed by atoms with E-state index in [1.165, 1.54) is 231 Å². The molecule has 0 aliphatic heterocycles. The second-order valence-corrected chi connectivity index (χ2v) is 20.7. The smallest absolute Gasteiger partial charge is 0.249 e. The lowest BCUT2D eigenvalue weighted by Crippen LogP contribution is -2.53. The summed E-state index contributed by atoms with van der Waals surface area (Å²) in [5.41, 5.74) is 0. The largest absolute Gasteiger partial charge is 0.394 e. The van der Waals surface area contributed by atoms with Gasteiger partial charge in [-0.3, -0.25) is 4.79 Å². The Hall–Kier alpha value is -1.47. The van der Waals surface area contributed by atoms with Gasteiger partial charge in [0.25, 0.3) is 0 Å². The summed E-state index contributed by atoms with van der Waals surface area (Å²) in [4.78, 5) is 12.6. The highest BCUT2D eigenvalue weighted by Crippen LogP contribution is 2.18. The molecule has 0 saturated carbocycles. The lowest BCUT2D eigenvalue weighted by molar-refractivity contribution is -0.132. The molecule has 4 unspecified atom stereocenters. The van der Waals surface area contributed by atoms with Crippen LogP contribution in [0, 0.1) is 0 Å². The zero-order valence-electron chi connectivity index (χ0n) is 44.9. The number of rotatable bonds is 55.